The van der Waals surface area contributed by atoms with Gasteiger partial charge in [-0.15, -0.1) is 0 Å². The number of cyclic esters (lactones) is 2. The number of esters is 3. The first kappa shape index (κ1) is 57.2. The van der Waals surface area contributed by atoms with E-state index in [1.807, 2.05) is 26.0 Å². The van der Waals surface area contributed by atoms with Crippen molar-refractivity contribution < 1.29 is 65.1 Å². The van der Waals surface area contributed by atoms with Crippen molar-refractivity contribution in [2.45, 2.75) is 132 Å². The molecule has 3 aromatic carbocycles. The highest BCUT2D eigenvalue weighted by Gasteiger charge is 2.19. The number of carboxylic acids is 1. The highest BCUT2D eigenvalue weighted by molar-refractivity contribution is 5.92. The number of phenols is 2. The summed E-state index contributed by atoms with van der Waals surface area (Å²) in [6.07, 6.45) is 8.04. The van der Waals surface area contributed by atoms with Crippen LogP contribution in [0.25, 0.3) is 0 Å². The zero-order valence-corrected chi connectivity index (χ0v) is 37.7. The number of nitrogens with two attached hydrogens (primary N) is 1. The summed E-state index contributed by atoms with van der Waals surface area (Å²) < 4.78 is 21.6. The van der Waals surface area contributed by atoms with Gasteiger partial charge in [0.1, 0.15) is 17.2 Å². The minimum absolute atomic E-state index is 0.0281. The van der Waals surface area contributed by atoms with Gasteiger partial charge in [0.25, 0.3) is 0 Å². The van der Waals surface area contributed by atoms with Gasteiger partial charge in [-0.25, -0.2) is 0 Å². The lowest BCUT2D eigenvalue weighted by molar-refractivity contribution is -0.152. The number of carbonyl (C=O) groups is 6. The number of ether oxygens (including phenoxy) is 2. The fourth-order valence-corrected chi connectivity index (χ4v) is 4.23. The molecular formula is C47H73N3O13. The van der Waals surface area contributed by atoms with Crippen LogP contribution in [-0.2, 0) is 53.1 Å². The molecule has 0 aliphatic carbocycles. The predicted octanol–water partition coefficient (Wildman–Crippen LogP) is 6.62. The van der Waals surface area contributed by atoms with Crippen LogP contribution in [0.3, 0.4) is 0 Å². The number of hydrogen-bond donors (Lipinski definition) is 8. The third-order valence-corrected chi connectivity index (χ3v) is 7.93. The van der Waals surface area contributed by atoms with E-state index < -0.39 is 23.9 Å². The number of nitrogens with one attached hydrogen (secondary N) is 2. The molecule has 0 atom stereocenters. The minimum atomic E-state index is -0.930. The molecule has 4 rings (SSSR count). The summed E-state index contributed by atoms with van der Waals surface area (Å²) in [6, 6.07) is 20.4. The van der Waals surface area contributed by atoms with Crippen molar-refractivity contribution in [1.82, 2.24) is 10.6 Å². The molecule has 0 radical (unpaired) electrons. The van der Waals surface area contributed by atoms with E-state index in [2.05, 4.69) is 34.3 Å². The molecule has 0 unspecified atom stereocenters. The van der Waals surface area contributed by atoms with Gasteiger partial charge in [0.15, 0.2) is 0 Å². The molecule has 3 aromatic rings. The number of carbonyl (C=O) groups excluding carboxylic acids is 5. The topological polar surface area (TPSA) is 272 Å². The molecule has 0 bridgehead atoms. The Hall–Kier alpha value is -5.84. The summed E-state index contributed by atoms with van der Waals surface area (Å²) in [5, 5.41) is 44.1. The number of unbranched alkanes of at least 4 members (excludes halogenated alkanes) is 3. The summed E-state index contributed by atoms with van der Waals surface area (Å²) in [4.78, 5) is 64.0. The fraction of sp³-hybridized carbons (Fsp3) is 0.489. The molecule has 1 aliphatic rings. The van der Waals surface area contributed by atoms with E-state index >= 15 is 0 Å². The molecule has 16 nitrogen and oxygen atoms in total. The third-order valence-electron chi connectivity index (χ3n) is 7.93. The van der Waals surface area contributed by atoms with Crippen LogP contribution in [0.15, 0.2) is 72.8 Å². The maximum absolute atomic E-state index is 11.6. The Morgan fingerprint density at radius 1 is 0.698 bits per heavy atom. The van der Waals surface area contributed by atoms with Gasteiger partial charge in [0.05, 0.1) is 38.9 Å². The van der Waals surface area contributed by atoms with Crippen LogP contribution in [0, 0.1) is 0 Å². The van der Waals surface area contributed by atoms with Gasteiger partial charge < -0.3 is 51.4 Å². The van der Waals surface area contributed by atoms with E-state index in [1.165, 1.54) is 25.8 Å². The highest BCUT2D eigenvalue weighted by Crippen LogP contribution is 2.13. The van der Waals surface area contributed by atoms with E-state index in [-0.39, 0.29) is 69.3 Å². The Bertz CT molecular complexity index is 1620. The van der Waals surface area contributed by atoms with Gasteiger partial charge in [-0.3, -0.25) is 28.8 Å². The van der Waals surface area contributed by atoms with Crippen LogP contribution in [0.5, 0.6) is 17.2 Å². The quantitative estimate of drug-likeness (QED) is 0.0272. The van der Waals surface area contributed by atoms with Crippen molar-refractivity contribution in [3.05, 3.63) is 89.5 Å². The van der Waals surface area contributed by atoms with Gasteiger partial charge in [-0.2, -0.15) is 0 Å². The smallest absolute Gasteiger partial charge is 0.314 e. The van der Waals surface area contributed by atoms with Crippen molar-refractivity contribution in [2.24, 2.45) is 5.73 Å². The summed E-state index contributed by atoms with van der Waals surface area (Å²) in [7, 11) is 1.25. The molecule has 1 aliphatic heterocycles. The number of amides is 2. The molecule has 9 N–H and O–H groups in total. The normalized spacial score (nSPS) is 10.9. The molecule has 16 heteroatoms. The Morgan fingerprint density at radius 2 is 1.13 bits per heavy atom. The summed E-state index contributed by atoms with van der Waals surface area (Å²) in [6.45, 7) is 10.6. The lowest BCUT2D eigenvalue weighted by Crippen LogP contribution is -2.25. The maximum Gasteiger partial charge on any atom is 0.314 e. The third kappa shape index (κ3) is 38.8. The zero-order chi connectivity index (χ0) is 49.7. The van der Waals surface area contributed by atoms with Crippen LogP contribution in [0.2, 0.25) is 0 Å². The lowest BCUT2D eigenvalue weighted by atomic mass is 10.2. The molecule has 354 valence electrons. The van der Waals surface area contributed by atoms with Gasteiger partial charge in [0, 0.05) is 27.3 Å². The van der Waals surface area contributed by atoms with Crippen LogP contribution < -0.4 is 21.1 Å². The van der Waals surface area contributed by atoms with Crippen molar-refractivity contribution in [2.75, 3.05) is 19.6 Å². The predicted molar refractivity (Wildman–Crippen MR) is 242 cm³/mol. The number of carboxylic acid groups (broad SMARTS) is 1. The molecular weight excluding hydrogens is 815 g/mol. The van der Waals surface area contributed by atoms with Gasteiger partial charge in [0.2, 0.25) is 13.2 Å². The van der Waals surface area contributed by atoms with Crippen molar-refractivity contribution in [1.29, 1.82) is 1.43 Å². The average Bonchev–Trinajstić information content (AvgIpc) is 3.70. The summed E-state index contributed by atoms with van der Waals surface area (Å²) in [5.74, 6) is -1.49. The Balaban J connectivity index is -0.000000750. The van der Waals surface area contributed by atoms with E-state index in [9.17, 15) is 28.8 Å². The number of phenolic OH excluding ortho intramolecular Hbond substituents is 2. The zero-order valence-electron chi connectivity index (χ0n) is 39.7. The second kappa shape index (κ2) is 41.5. The molecule has 1 saturated heterocycles. The van der Waals surface area contributed by atoms with Crippen LogP contribution in [0.4, 0.5) is 0 Å². The van der Waals surface area contributed by atoms with Crippen LogP contribution in [-0.4, -0.2) is 82.3 Å². The first-order valence-corrected chi connectivity index (χ1v) is 20.9. The largest absolute Gasteiger partial charge is 0.508 e. The molecule has 0 aromatic heterocycles. The molecule has 63 heavy (non-hydrogen) atoms. The van der Waals surface area contributed by atoms with Gasteiger partial charge >= 0.3 is 23.9 Å². The SMILES string of the molecule is CCCCN.CCCCNC(=O)CCC(=O)O.CCc1ccc(O)cc1.O=C1CCC(=O)O1.OCc1ccc(O)cc1.[2H]OCc1ccc(OC(=O)CCC(=O)NCCCC)cc1.[3H]C. The van der Waals surface area contributed by atoms with E-state index in [1.54, 1.807) is 60.7 Å². The fourth-order valence-electron chi connectivity index (χ4n) is 4.23. The number of aliphatic hydroxyl groups is 2. The molecule has 0 saturated carbocycles. The van der Waals surface area contributed by atoms with Gasteiger partial charge in [-0.1, -0.05) is 90.8 Å². The first-order chi connectivity index (χ1) is 31.2. The number of rotatable bonds is 19. The first-order valence-electron chi connectivity index (χ1n) is 22.3. The van der Waals surface area contributed by atoms with Gasteiger partial charge in [-0.05, 0) is 85.3 Å². The van der Waals surface area contributed by atoms with Crippen LogP contribution >= 0.6 is 0 Å². The van der Waals surface area contributed by atoms with Crippen molar-refractivity contribution in [3.8, 4) is 17.2 Å². The molecule has 2 amide bonds. The molecule has 0 spiro atoms. The summed E-state index contributed by atoms with van der Waals surface area (Å²) >= 11 is 0. The second-order valence-electron chi connectivity index (χ2n) is 13.4. The minimum Gasteiger partial charge on any atom is -0.508 e. The Morgan fingerprint density at radius 3 is 1.48 bits per heavy atom. The van der Waals surface area contributed by atoms with E-state index in [0.717, 1.165) is 49.8 Å². The monoisotopic (exact) mass is 891 g/mol. The van der Waals surface area contributed by atoms with E-state index in [4.69, 9.17) is 33.7 Å². The van der Waals surface area contributed by atoms with Crippen molar-refractivity contribution in [3.63, 3.8) is 0 Å². The summed E-state index contributed by atoms with van der Waals surface area (Å²) in [5.41, 5.74) is 8.03. The van der Waals surface area contributed by atoms with Crippen LogP contribution in [0.1, 0.15) is 130 Å². The number of aliphatic hydroxyl groups excluding tert-OH is 2. The molecule has 1 fully saturated rings. The van der Waals surface area contributed by atoms with E-state index in [0.29, 0.717) is 24.6 Å². The number of aryl methyl sites for hydroxylation is 1. The number of hydrogen-bond acceptors (Lipinski definition) is 13. The lowest BCUT2D eigenvalue weighted by Gasteiger charge is -2.06. The van der Waals surface area contributed by atoms with Crippen molar-refractivity contribution >= 4 is 35.7 Å². The highest BCUT2D eigenvalue weighted by atomic mass is 16.6. The maximum atomic E-state index is 11.6. The average molecular weight is 891 g/mol. The number of benzene rings is 3. The molecule has 1 heterocycles. The Labute approximate surface area is 376 Å². The second-order valence-corrected chi connectivity index (χ2v) is 13.4. The Kier molecular flexibility index (Phi) is 37.7. The standard InChI is InChI=1S/C15H21NO4.C8H15NO3.C8H10O.C7H8O2.C4H11N.C4H4O3.CH4/c1-2-3-10-16-14(18)8-9-15(19)20-13-6-4-12(11-17)5-7-13;1-2-3-6-9-7(10)4-5-8(11)12;1-2-7-3-5-8(9)6-4-7;8-5-6-1-3-7(9)4-2-6;1-2-3-4-5;5-3-1-2-4(6)7-3;/h4-7,17H,2-3,8-11H2,1H3,(H,16,18);2-6H2,1H3,(H,9,10)(H,11,12);3-6,9H,2H2,1H3;1-4,8-9H,5H2;2-5H2,1H3;1-2H2;1H4/i17D;;;;;;1T. The number of aliphatic carboxylic acids is 1. The number of aromatic hydroxyl groups is 2.